The Bertz CT molecular complexity index is 1170. The van der Waals surface area contributed by atoms with Crippen LogP contribution in [0.5, 0.6) is 5.75 Å². The first-order valence-corrected chi connectivity index (χ1v) is 13.9. The van der Waals surface area contributed by atoms with E-state index in [4.69, 9.17) is 5.73 Å². The number of aromatic amines is 1. The second-order valence-corrected chi connectivity index (χ2v) is 10.8. The second-order valence-electron chi connectivity index (χ2n) is 9.83. The van der Waals surface area contributed by atoms with Crippen LogP contribution in [-0.2, 0) is 17.6 Å². The SMILES string of the molecule is NC(=O)CCN(CCc1ccccc1)CCN(CCc1ccc(O)c2[nH]c(=O)sc12)C1CCCCC1. The number of hydrogen-bond acceptors (Lipinski definition) is 6. The molecule has 0 unspecified atom stereocenters. The molecule has 1 aliphatic carbocycles. The Labute approximate surface area is 216 Å². The Kier molecular flexibility index (Phi) is 9.55. The molecule has 1 aromatic heterocycles. The van der Waals surface area contributed by atoms with Crippen LogP contribution in [0.2, 0.25) is 0 Å². The lowest BCUT2D eigenvalue weighted by molar-refractivity contribution is -0.118. The normalized spacial score (nSPS) is 14.7. The molecule has 1 aliphatic rings. The first-order chi connectivity index (χ1) is 17.5. The third kappa shape index (κ3) is 7.41. The molecule has 0 bridgehead atoms. The van der Waals surface area contributed by atoms with Crippen LogP contribution in [0.3, 0.4) is 0 Å². The zero-order chi connectivity index (χ0) is 25.3. The fourth-order valence-corrected chi connectivity index (χ4v) is 6.16. The van der Waals surface area contributed by atoms with Crippen LogP contribution in [0.15, 0.2) is 47.3 Å². The van der Waals surface area contributed by atoms with Crippen molar-refractivity contribution in [1.29, 1.82) is 0 Å². The number of nitrogens with one attached hydrogen (secondary N) is 1. The molecule has 0 radical (unpaired) electrons. The monoisotopic (exact) mass is 510 g/mol. The van der Waals surface area contributed by atoms with Gasteiger partial charge >= 0.3 is 4.87 Å². The fraction of sp³-hybridized carbons (Fsp3) is 0.500. The summed E-state index contributed by atoms with van der Waals surface area (Å²) in [6, 6.07) is 14.6. The summed E-state index contributed by atoms with van der Waals surface area (Å²) in [5.41, 5.74) is 8.42. The van der Waals surface area contributed by atoms with E-state index in [1.807, 2.05) is 12.1 Å². The maximum absolute atomic E-state index is 11.9. The van der Waals surface area contributed by atoms with Crippen molar-refractivity contribution >= 4 is 27.5 Å². The maximum Gasteiger partial charge on any atom is 0.305 e. The molecule has 194 valence electrons. The Morgan fingerprint density at radius 3 is 2.50 bits per heavy atom. The molecule has 3 aromatic rings. The van der Waals surface area contributed by atoms with E-state index in [1.54, 1.807) is 6.07 Å². The Morgan fingerprint density at radius 1 is 0.972 bits per heavy atom. The molecule has 2 aromatic carbocycles. The minimum Gasteiger partial charge on any atom is -0.506 e. The molecule has 1 heterocycles. The van der Waals surface area contributed by atoms with E-state index in [9.17, 15) is 14.7 Å². The summed E-state index contributed by atoms with van der Waals surface area (Å²) in [6.07, 6.45) is 8.42. The number of benzene rings is 2. The third-order valence-corrected chi connectivity index (χ3v) is 8.29. The number of rotatable bonds is 13. The summed E-state index contributed by atoms with van der Waals surface area (Å²) in [6.45, 7) is 4.29. The molecule has 1 fully saturated rings. The second kappa shape index (κ2) is 13.0. The fourth-order valence-electron chi connectivity index (χ4n) is 5.26. The van der Waals surface area contributed by atoms with Crippen molar-refractivity contribution in [2.75, 3.05) is 32.7 Å². The number of aromatic nitrogens is 1. The van der Waals surface area contributed by atoms with Crippen LogP contribution in [0.1, 0.15) is 49.7 Å². The van der Waals surface area contributed by atoms with Gasteiger partial charge in [-0.25, -0.2) is 0 Å². The molecule has 1 saturated carbocycles. The summed E-state index contributed by atoms with van der Waals surface area (Å²) >= 11 is 1.17. The third-order valence-electron chi connectivity index (χ3n) is 7.34. The average molecular weight is 511 g/mol. The topological polar surface area (TPSA) is 103 Å². The van der Waals surface area contributed by atoms with Gasteiger partial charge in [-0.15, -0.1) is 0 Å². The van der Waals surface area contributed by atoms with Gasteiger partial charge in [0.25, 0.3) is 0 Å². The van der Waals surface area contributed by atoms with E-state index >= 15 is 0 Å². The summed E-state index contributed by atoms with van der Waals surface area (Å²) in [5.74, 6) is -0.134. The molecule has 0 spiro atoms. The standard InChI is InChI=1S/C28H38N4O3S/c29-25(34)15-17-31(16-13-21-7-3-1-4-8-21)19-20-32(23-9-5-2-6-10-23)18-14-22-11-12-24(33)26-27(22)36-28(35)30-26/h1,3-4,7-8,11-12,23,33H,2,5-6,9-10,13-20H2,(H2,29,34)(H,30,35). The summed E-state index contributed by atoms with van der Waals surface area (Å²) in [5, 5.41) is 10.1. The van der Waals surface area contributed by atoms with Gasteiger partial charge in [0.2, 0.25) is 5.91 Å². The maximum atomic E-state index is 11.9. The van der Waals surface area contributed by atoms with Crippen molar-refractivity contribution in [3.63, 3.8) is 0 Å². The van der Waals surface area contributed by atoms with Crippen molar-refractivity contribution < 1.29 is 9.90 Å². The van der Waals surface area contributed by atoms with Gasteiger partial charge in [-0.05, 0) is 42.9 Å². The van der Waals surface area contributed by atoms with Crippen LogP contribution in [0, 0.1) is 0 Å². The highest BCUT2D eigenvalue weighted by Crippen LogP contribution is 2.29. The molecule has 0 saturated heterocycles. The Hall–Kier alpha value is -2.68. The number of aromatic hydroxyl groups is 1. The van der Waals surface area contributed by atoms with Gasteiger partial charge < -0.3 is 20.7 Å². The number of hydrogen-bond donors (Lipinski definition) is 3. The van der Waals surface area contributed by atoms with Gasteiger partial charge in [0, 0.05) is 45.2 Å². The summed E-state index contributed by atoms with van der Waals surface area (Å²) < 4.78 is 0.856. The first-order valence-electron chi connectivity index (χ1n) is 13.1. The number of nitrogens with zero attached hydrogens (tertiary/aromatic N) is 2. The highest BCUT2D eigenvalue weighted by molar-refractivity contribution is 7.16. The van der Waals surface area contributed by atoms with E-state index in [2.05, 4.69) is 39.0 Å². The summed E-state index contributed by atoms with van der Waals surface area (Å²) in [4.78, 5) is 31.0. The highest BCUT2D eigenvalue weighted by atomic mass is 32.1. The van der Waals surface area contributed by atoms with Crippen LogP contribution in [0.25, 0.3) is 10.2 Å². The minimum atomic E-state index is -0.259. The number of fused-ring (bicyclic) bond motifs is 1. The van der Waals surface area contributed by atoms with Crippen LogP contribution in [0.4, 0.5) is 0 Å². The van der Waals surface area contributed by atoms with E-state index in [-0.39, 0.29) is 16.5 Å². The summed E-state index contributed by atoms with van der Waals surface area (Å²) in [7, 11) is 0. The minimum absolute atomic E-state index is 0.125. The van der Waals surface area contributed by atoms with Gasteiger partial charge in [-0.3, -0.25) is 14.5 Å². The molecule has 1 amide bonds. The number of phenolic OH excluding ortho intramolecular Hbond substituents is 1. The van der Waals surface area contributed by atoms with Crippen molar-refractivity contribution in [1.82, 2.24) is 14.8 Å². The van der Waals surface area contributed by atoms with E-state index in [1.165, 1.54) is 49.0 Å². The smallest absolute Gasteiger partial charge is 0.305 e. The molecule has 0 atom stereocenters. The number of amides is 1. The van der Waals surface area contributed by atoms with E-state index in [0.717, 1.165) is 49.3 Å². The van der Waals surface area contributed by atoms with Gasteiger partial charge in [-0.1, -0.05) is 67.0 Å². The van der Waals surface area contributed by atoms with Crippen molar-refractivity contribution in [2.24, 2.45) is 5.73 Å². The number of phenols is 1. The number of thiazole rings is 1. The number of nitrogens with two attached hydrogens (primary N) is 1. The molecular formula is C28H38N4O3S. The van der Waals surface area contributed by atoms with Crippen LogP contribution >= 0.6 is 11.3 Å². The molecule has 4 rings (SSSR count). The average Bonchev–Trinajstić information content (AvgIpc) is 3.29. The van der Waals surface area contributed by atoms with Crippen molar-refractivity contribution in [2.45, 2.75) is 57.4 Å². The Morgan fingerprint density at radius 2 is 1.75 bits per heavy atom. The largest absolute Gasteiger partial charge is 0.506 e. The molecule has 8 heteroatoms. The predicted octanol–water partition coefficient (Wildman–Crippen LogP) is 3.89. The quantitative estimate of drug-likeness (QED) is 0.324. The molecule has 4 N–H and O–H groups in total. The van der Waals surface area contributed by atoms with Crippen molar-refractivity contribution in [3.05, 3.63) is 63.3 Å². The van der Waals surface area contributed by atoms with E-state index in [0.29, 0.717) is 24.5 Å². The molecule has 0 aliphatic heterocycles. The zero-order valence-electron chi connectivity index (χ0n) is 21.0. The number of carbonyl (C=O) groups excluding carboxylic acids is 1. The number of primary amides is 1. The van der Waals surface area contributed by atoms with Gasteiger partial charge in [0.1, 0.15) is 11.3 Å². The molecular weight excluding hydrogens is 472 g/mol. The van der Waals surface area contributed by atoms with E-state index < -0.39 is 0 Å². The van der Waals surface area contributed by atoms with Gasteiger partial charge in [0.05, 0.1) is 4.70 Å². The first kappa shape index (κ1) is 26.4. The van der Waals surface area contributed by atoms with Gasteiger partial charge in [-0.2, -0.15) is 0 Å². The highest BCUT2D eigenvalue weighted by Gasteiger charge is 2.22. The van der Waals surface area contributed by atoms with Gasteiger partial charge in [0.15, 0.2) is 0 Å². The lowest BCUT2D eigenvalue weighted by atomic mass is 9.93. The number of H-pyrrole nitrogens is 1. The Balaban J connectivity index is 1.43. The molecule has 36 heavy (non-hydrogen) atoms. The van der Waals surface area contributed by atoms with Crippen molar-refractivity contribution in [3.8, 4) is 5.75 Å². The molecule has 7 nitrogen and oxygen atoms in total. The lowest BCUT2D eigenvalue weighted by Crippen LogP contribution is -2.44. The zero-order valence-corrected chi connectivity index (χ0v) is 21.8. The van der Waals surface area contributed by atoms with Crippen LogP contribution in [-0.4, -0.2) is 64.6 Å². The van der Waals surface area contributed by atoms with Crippen LogP contribution < -0.4 is 10.6 Å². The lowest BCUT2D eigenvalue weighted by Gasteiger charge is -2.36. The predicted molar refractivity (Wildman–Crippen MR) is 147 cm³/mol. The number of carbonyl (C=O) groups is 1.